The topological polar surface area (TPSA) is 97.0 Å². The molecule has 2 unspecified atom stereocenters. The average Bonchev–Trinajstić information content (AvgIpc) is 2.71. The van der Waals surface area contributed by atoms with Crippen molar-refractivity contribution in [3.63, 3.8) is 0 Å². The number of nitrogens with one attached hydrogen (secondary N) is 1. The molecular weight excluding hydrogens is 415 g/mol. The van der Waals surface area contributed by atoms with Gasteiger partial charge in [0.25, 0.3) is 0 Å². The van der Waals surface area contributed by atoms with Crippen molar-refractivity contribution in [3.8, 4) is 11.5 Å². The van der Waals surface area contributed by atoms with Crippen LogP contribution >= 0.6 is 23.2 Å². The van der Waals surface area contributed by atoms with Crippen molar-refractivity contribution in [2.75, 3.05) is 25.6 Å². The molecule has 0 aliphatic heterocycles. The van der Waals surface area contributed by atoms with Crippen molar-refractivity contribution in [1.82, 2.24) is 5.43 Å². The Morgan fingerprint density at radius 1 is 1.00 bits per heavy atom. The third kappa shape index (κ3) is 6.74. The maximum Gasteiger partial charge on any atom is 0.138 e. The van der Waals surface area contributed by atoms with E-state index in [2.05, 4.69) is 19.3 Å². The second-order valence-electron chi connectivity index (χ2n) is 7.29. The first kappa shape index (κ1) is 23.7. The molecule has 0 bridgehead atoms. The lowest BCUT2D eigenvalue weighted by atomic mass is 9.78. The number of hydrogen-bond acceptors (Lipinski definition) is 6. The smallest absolute Gasteiger partial charge is 0.138 e. The van der Waals surface area contributed by atoms with Crippen LogP contribution in [-0.4, -0.2) is 48.1 Å². The maximum atomic E-state index is 9.66. The fourth-order valence-electron chi connectivity index (χ4n) is 2.76. The zero-order chi connectivity index (χ0) is 21.4. The van der Waals surface area contributed by atoms with Crippen LogP contribution in [0, 0.1) is 0 Å². The van der Waals surface area contributed by atoms with Gasteiger partial charge in [-0.1, -0.05) is 43.6 Å². The molecule has 29 heavy (non-hydrogen) atoms. The molecule has 0 aliphatic rings. The highest BCUT2D eigenvalue weighted by Gasteiger charge is 2.24. The molecule has 0 saturated heterocycles. The van der Waals surface area contributed by atoms with E-state index in [0.29, 0.717) is 16.5 Å². The van der Waals surface area contributed by atoms with Crippen LogP contribution in [0.4, 0.5) is 0 Å². The molecule has 0 amide bonds. The van der Waals surface area contributed by atoms with Crippen molar-refractivity contribution in [3.05, 3.63) is 58.6 Å². The summed E-state index contributed by atoms with van der Waals surface area (Å²) in [5.74, 6) is 6.45. The van der Waals surface area contributed by atoms with E-state index < -0.39 is 12.2 Å². The summed E-state index contributed by atoms with van der Waals surface area (Å²) in [6, 6.07) is 13.3. The van der Waals surface area contributed by atoms with E-state index in [1.165, 1.54) is 0 Å². The van der Waals surface area contributed by atoms with Crippen molar-refractivity contribution >= 4 is 23.2 Å². The second-order valence-corrected chi connectivity index (χ2v) is 8.00. The van der Waals surface area contributed by atoms with Gasteiger partial charge in [-0.05, 0) is 35.4 Å². The molecule has 0 aliphatic carbocycles. The predicted molar refractivity (Wildman–Crippen MR) is 116 cm³/mol. The molecule has 0 saturated carbocycles. The fourth-order valence-corrected chi connectivity index (χ4v) is 3.08. The average molecular weight is 443 g/mol. The Labute approximate surface area is 181 Å². The van der Waals surface area contributed by atoms with Gasteiger partial charge in [-0.15, -0.1) is 11.6 Å². The monoisotopic (exact) mass is 442 g/mol. The number of hydrazine groups is 1. The number of benzene rings is 2. The Bertz CT molecular complexity index is 772. The zero-order valence-electron chi connectivity index (χ0n) is 16.6. The SMILES string of the molecule is CC(C)(c1ccc(OCC(O)CNN)cc1)c1ccc(OCC(O)CCl)c(Cl)c1. The van der Waals surface area contributed by atoms with E-state index in [-0.39, 0.29) is 31.1 Å². The highest BCUT2D eigenvalue weighted by molar-refractivity contribution is 6.32. The van der Waals surface area contributed by atoms with Gasteiger partial charge in [0.2, 0.25) is 0 Å². The van der Waals surface area contributed by atoms with Gasteiger partial charge in [-0.2, -0.15) is 0 Å². The number of aliphatic hydroxyl groups excluding tert-OH is 2. The molecule has 8 heteroatoms. The molecule has 160 valence electrons. The number of hydrogen-bond donors (Lipinski definition) is 4. The number of halogens is 2. The molecular formula is C21H28Cl2N2O4. The van der Waals surface area contributed by atoms with Crippen LogP contribution in [0.2, 0.25) is 5.02 Å². The van der Waals surface area contributed by atoms with Crippen molar-refractivity contribution in [2.45, 2.75) is 31.5 Å². The van der Waals surface area contributed by atoms with Gasteiger partial charge in [0.05, 0.1) is 10.9 Å². The summed E-state index contributed by atoms with van der Waals surface area (Å²) in [4.78, 5) is 0. The Morgan fingerprint density at radius 3 is 2.21 bits per heavy atom. The standard InChI is InChI=1S/C21H28Cl2N2O4/c1-21(2,14-3-6-18(7-4-14)28-13-17(27)11-25-24)15-5-8-20(19(23)9-15)29-12-16(26)10-22/h3-9,16-17,25-27H,10-13,24H2,1-2H3. The Hall–Kier alpha value is -1.54. The first-order chi connectivity index (χ1) is 13.8. The zero-order valence-corrected chi connectivity index (χ0v) is 18.1. The maximum absolute atomic E-state index is 9.66. The van der Waals surface area contributed by atoms with Gasteiger partial charge in [0, 0.05) is 12.0 Å². The van der Waals surface area contributed by atoms with E-state index in [0.717, 1.165) is 11.1 Å². The second kappa shape index (κ2) is 11.0. The summed E-state index contributed by atoms with van der Waals surface area (Å²) >= 11 is 12.0. The highest BCUT2D eigenvalue weighted by Crippen LogP contribution is 2.36. The van der Waals surface area contributed by atoms with Gasteiger partial charge in [0.15, 0.2) is 0 Å². The van der Waals surface area contributed by atoms with E-state index in [4.69, 9.17) is 38.5 Å². The molecule has 2 rings (SSSR count). The van der Waals surface area contributed by atoms with Crippen LogP contribution in [0.3, 0.4) is 0 Å². The lowest BCUT2D eigenvalue weighted by molar-refractivity contribution is 0.106. The largest absolute Gasteiger partial charge is 0.491 e. The molecule has 2 aromatic rings. The lowest BCUT2D eigenvalue weighted by Crippen LogP contribution is -2.35. The quantitative estimate of drug-likeness (QED) is 0.242. The van der Waals surface area contributed by atoms with Gasteiger partial charge < -0.3 is 19.7 Å². The molecule has 0 spiro atoms. The molecule has 2 atom stereocenters. The number of alkyl halides is 1. The molecule has 0 fully saturated rings. The number of aliphatic hydroxyl groups is 2. The molecule has 0 heterocycles. The summed E-state index contributed by atoms with van der Waals surface area (Å²) in [6.45, 7) is 4.70. The molecule has 2 aromatic carbocycles. The van der Waals surface area contributed by atoms with Crippen molar-refractivity contribution in [2.24, 2.45) is 5.84 Å². The normalized spacial score (nSPS) is 13.8. The number of ether oxygens (including phenoxy) is 2. The molecule has 0 aromatic heterocycles. The van der Waals surface area contributed by atoms with Gasteiger partial charge in [-0.3, -0.25) is 11.3 Å². The van der Waals surface area contributed by atoms with E-state index in [9.17, 15) is 10.2 Å². The first-order valence-corrected chi connectivity index (χ1v) is 10.2. The van der Waals surface area contributed by atoms with Crippen LogP contribution in [-0.2, 0) is 5.41 Å². The van der Waals surface area contributed by atoms with Crippen LogP contribution < -0.4 is 20.7 Å². The molecule has 0 radical (unpaired) electrons. The van der Waals surface area contributed by atoms with Crippen LogP contribution in [0.25, 0.3) is 0 Å². The lowest BCUT2D eigenvalue weighted by Gasteiger charge is -2.27. The summed E-state index contributed by atoms with van der Waals surface area (Å²) in [5.41, 5.74) is 4.20. The van der Waals surface area contributed by atoms with Gasteiger partial charge in [0.1, 0.15) is 36.9 Å². The van der Waals surface area contributed by atoms with Crippen LogP contribution in [0.1, 0.15) is 25.0 Å². The first-order valence-electron chi connectivity index (χ1n) is 9.29. The Balaban J connectivity index is 2.08. The Morgan fingerprint density at radius 2 is 1.62 bits per heavy atom. The van der Waals surface area contributed by atoms with Crippen molar-refractivity contribution in [1.29, 1.82) is 0 Å². The van der Waals surface area contributed by atoms with Gasteiger partial charge >= 0.3 is 0 Å². The van der Waals surface area contributed by atoms with Crippen molar-refractivity contribution < 1.29 is 19.7 Å². The highest BCUT2D eigenvalue weighted by atomic mass is 35.5. The minimum Gasteiger partial charge on any atom is -0.491 e. The predicted octanol–water partition coefficient (Wildman–Crippen LogP) is 2.85. The summed E-state index contributed by atoms with van der Waals surface area (Å²) in [7, 11) is 0. The minimum absolute atomic E-state index is 0.0868. The van der Waals surface area contributed by atoms with Crippen LogP contribution in [0.15, 0.2) is 42.5 Å². The summed E-state index contributed by atoms with van der Waals surface area (Å²) in [6.07, 6.45) is -1.41. The fraction of sp³-hybridized carbons (Fsp3) is 0.429. The number of rotatable bonds is 11. The molecule has 5 N–H and O–H groups in total. The summed E-state index contributed by atoms with van der Waals surface area (Å²) < 4.78 is 11.1. The van der Waals surface area contributed by atoms with E-state index in [1.54, 1.807) is 6.07 Å². The summed E-state index contributed by atoms with van der Waals surface area (Å²) in [5, 5.41) is 19.7. The van der Waals surface area contributed by atoms with E-state index >= 15 is 0 Å². The third-order valence-electron chi connectivity index (χ3n) is 4.63. The number of nitrogens with two attached hydrogens (primary N) is 1. The molecule has 6 nitrogen and oxygen atoms in total. The third-order valence-corrected chi connectivity index (χ3v) is 5.29. The van der Waals surface area contributed by atoms with Gasteiger partial charge in [-0.25, -0.2) is 0 Å². The van der Waals surface area contributed by atoms with Crippen LogP contribution in [0.5, 0.6) is 11.5 Å². The van der Waals surface area contributed by atoms with E-state index in [1.807, 2.05) is 36.4 Å². The Kier molecular flexibility index (Phi) is 9.02. The minimum atomic E-state index is -0.739.